The zero-order valence-corrected chi connectivity index (χ0v) is 10.7. The standard InChI is InChI=1S/C14H20N2O2/c1-2-16(12-6-3-7-13(17)10-12)14(18)9-11-5-4-8-15-11/h3,6-7,10-11,15,17H,2,4-5,8-9H2,1H3. The van der Waals surface area contributed by atoms with Crippen molar-refractivity contribution >= 4 is 11.6 Å². The molecule has 1 amide bonds. The van der Waals surface area contributed by atoms with Crippen LogP contribution in [-0.4, -0.2) is 30.1 Å². The molecule has 1 aromatic carbocycles. The highest BCUT2D eigenvalue weighted by molar-refractivity contribution is 5.93. The average molecular weight is 248 g/mol. The molecule has 1 fully saturated rings. The minimum absolute atomic E-state index is 0.113. The number of carbonyl (C=O) groups is 1. The topological polar surface area (TPSA) is 52.6 Å². The van der Waals surface area contributed by atoms with Crippen LogP contribution >= 0.6 is 0 Å². The van der Waals surface area contributed by atoms with Gasteiger partial charge in [-0.2, -0.15) is 0 Å². The monoisotopic (exact) mass is 248 g/mol. The maximum atomic E-state index is 12.2. The maximum Gasteiger partial charge on any atom is 0.228 e. The number of anilines is 1. The molecule has 0 aliphatic carbocycles. The highest BCUT2D eigenvalue weighted by Gasteiger charge is 2.21. The van der Waals surface area contributed by atoms with E-state index < -0.39 is 0 Å². The number of nitrogens with one attached hydrogen (secondary N) is 1. The second-order valence-corrected chi connectivity index (χ2v) is 4.66. The van der Waals surface area contributed by atoms with Crippen LogP contribution in [0.5, 0.6) is 5.75 Å². The van der Waals surface area contributed by atoms with Gasteiger partial charge in [-0.15, -0.1) is 0 Å². The molecule has 2 rings (SSSR count). The summed E-state index contributed by atoms with van der Waals surface area (Å²) in [7, 11) is 0. The Morgan fingerprint density at radius 3 is 3.00 bits per heavy atom. The van der Waals surface area contributed by atoms with Crippen molar-refractivity contribution < 1.29 is 9.90 Å². The summed E-state index contributed by atoms with van der Waals surface area (Å²) >= 11 is 0. The second-order valence-electron chi connectivity index (χ2n) is 4.66. The molecule has 1 saturated heterocycles. The number of hydrogen-bond donors (Lipinski definition) is 2. The van der Waals surface area contributed by atoms with E-state index >= 15 is 0 Å². The van der Waals surface area contributed by atoms with Crippen LogP contribution in [0, 0.1) is 0 Å². The first kappa shape index (κ1) is 12.9. The molecule has 1 heterocycles. The van der Waals surface area contributed by atoms with Crippen LogP contribution in [0.25, 0.3) is 0 Å². The average Bonchev–Trinajstić information content (AvgIpc) is 2.83. The molecule has 18 heavy (non-hydrogen) atoms. The van der Waals surface area contributed by atoms with Gasteiger partial charge in [0.15, 0.2) is 0 Å². The molecule has 0 spiro atoms. The van der Waals surface area contributed by atoms with Crippen LogP contribution in [0.2, 0.25) is 0 Å². The zero-order valence-electron chi connectivity index (χ0n) is 10.7. The van der Waals surface area contributed by atoms with Crippen molar-refractivity contribution in [1.82, 2.24) is 5.32 Å². The number of benzene rings is 1. The van der Waals surface area contributed by atoms with E-state index in [1.54, 1.807) is 23.1 Å². The third-order valence-corrected chi connectivity index (χ3v) is 3.34. The first-order valence-corrected chi connectivity index (χ1v) is 6.53. The van der Waals surface area contributed by atoms with Gasteiger partial charge in [0.05, 0.1) is 0 Å². The Kier molecular flexibility index (Phi) is 4.20. The molecule has 2 N–H and O–H groups in total. The minimum Gasteiger partial charge on any atom is -0.508 e. The van der Waals surface area contributed by atoms with Crippen molar-refractivity contribution in [1.29, 1.82) is 0 Å². The van der Waals surface area contributed by atoms with Gasteiger partial charge in [0, 0.05) is 30.8 Å². The largest absolute Gasteiger partial charge is 0.508 e. The van der Waals surface area contributed by atoms with E-state index in [-0.39, 0.29) is 11.7 Å². The number of phenolic OH excluding ortho intramolecular Hbond substituents is 1. The molecule has 1 aliphatic heterocycles. The number of hydrogen-bond acceptors (Lipinski definition) is 3. The first-order chi connectivity index (χ1) is 8.70. The summed E-state index contributed by atoms with van der Waals surface area (Å²) in [6.07, 6.45) is 2.75. The molecule has 4 nitrogen and oxygen atoms in total. The van der Waals surface area contributed by atoms with E-state index in [1.807, 2.05) is 13.0 Å². The number of nitrogens with zero attached hydrogens (tertiary/aromatic N) is 1. The van der Waals surface area contributed by atoms with Crippen molar-refractivity contribution in [2.45, 2.75) is 32.2 Å². The van der Waals surface area contributed by atoms with Crippen LogP contribution in [-0.2, 0) is 4.79 Å². The molecule has 0 aromatic heterocycles. The smallest absolute Gasteiger partial charge is 0.228 e. The molecule has 0 saturated carbocycles. The van der Waals surface area contributed by atoms with Crippen molar-refractivity contribution in [3.8, 4) is 5.75 Å². The minimum atomic E-state index is 0.113. The summed E-state index contributed by atoms with van der Waals surface area (Å²) in [5.74, 6) is 0.306. The van der Waals surface area contributed by atoms with Gasteiger partial charge in [0.25, 0.3) is 0 Å². The SMILES string of the molecule is CCN(C(=O)CC1CCCN1)c1cccc(O)c1. The number of aromatic hydroxyl groups is 1. The normalized spacial score (nSPS) is 18.8. The Balaban J connectivity index is 2.05. The lowest BCUT2D eigenvalue weighted by molar-refractivity contribution is -0.119. The van der Waals surface area contributed by atoms with E-state index in [2.05, 4.69) is 5.32 Å². The van der Waals surface area contributed by atoms with Gasteiger partial charge in [0.1, 0.15) is 5.75 Å². The van der Waals surface area contributed by atoms with Crippen LogP contribution in [0.3, 0.4) is 0 Å². The van der Waals surface area contributed by atoms with Crippen LogP contribution in [0.4, 0.5) is 5.69 Å². The van der Waals surface area contributed by atoms with E-state index in [1.165, 1.54) is 0 Å². The van der Waals surface area contributed by atoms with Crippen molar-refractivity contribution in [3.05, 3.63) is 24.3 Å². The predicted octanol–water partition coefficient (Wildman–Crippen LogP) is 1.89. The van der Waals surface area contributed by atoms with E-state index in [0.29, 0.717) is 19.0 Å². The second kappa shape index (κ2) is 5.87. The fourth-order valence-corrected chi connectivity index (χ4v) is 2.42. The third-order valence-electron chi connectivity index (χ3n) is 3.34. The Morgan fingerprint density at radius 1 is 1.56 bits per heavy atom. The number of amides is 1. The van der Waals surface area contributed by atoms with Crippen molar-refractivity contribution in [2.75, 3.05) is 18.0 Å². The zero-order chi connectivity index (χ0) is 13.0. The predicted molar refractivity (Wildman–Crippen MR) is 71.8 cm³/mol. The number of phenols is 1. The lowest BCUT2D eigenvalue weighted by Gasteiger charge is -2.23. The molecule has 1 aromatic rings. The van der Waals surface area contributed by atoms with E-state index in [0.717, 1.165) is 25.1 Å². The lowest BCUT2D eigenvalue weighted by Crippen LogP contribution is -2.35. The van der Waals surface area contributed by atoms with Gasteiger partial charge < -0.3 is 15.3 Å². The summed E-state index contributed by atoms with van der Waals surface area (Å²) in [5, 5.41) is 12.8. The van der Waals surface area contributed by atoms with Gasteiger partial charge >= 0.3 is 0 Å². The van der Waals surface area contributed by atoms with Gasteiger partial charge in [-0.3, -0.25) is 4.79 Å². The Hall–Kier alpha value is -1.55. The summed E-state index contributed by atoms with van der Waals surface area (Å²) in [4.78, 5) is 14.0. The van der Waals surface area contributed by atoms with Crippen LogP contribution < -0.4 is 10.2 Å². The highest BCUT2D eigenvalue weighted by atomic mass is 16.3. The molecule has 98 valence electrons. The summed E-state index contributed by atoms with van der Waals surface area (Å²) in [6, 6.07) is 7.16. The number of carbonyl (C=O) groups excluding carboxylic acids is 1. The fraction of sp³-hybridized carbons (Fsp3) is 0.500. The summed E-state index contributed by atoms with van der Waals surface area (Å²) in [5.41, 5.74) is 0.764. The molecule has 0 radical (unpaired) electrons. The van der Waals surface area contributed by atoms with Crippen molar-refractivity contribution in [3.63, 3.8) is 0 Å². The molecular formula is C14H20N2O2. The molecule has 1 unspecified atom stereocenters. The molecule has 1 atom stereocenters. The summed E-state index contributed by atoms with van der Waals surface area (Å²) in [6.45, 7) is 3.58. The van der Waals surface area contributed by atoms with Gasteiger partial charge in [0.2, 0.25) is 5.91 Å². The van der Waals surface area contributed by atoms with Gasteiger partial charge in [-0.05, 0) is 38.4 Å². The third kappa shape index (κ3) is 3.01. The first-order valence-electron chi connectivity index (χ1n) is 6.53. The quantitative estimate of drug-likeness (QED) is 0.855. The summed E-state index contributed by atoms with van der Waals surface area (Å²) < 4.78 is 0. The Labute approximate surface area is 108 Å². The molecule has 1 aliphatic rings. The maximum absolute atomic E-state index is 12.2. The van der Waals surface area contributed by atoms with E-state index in [4.69, 9.17) is 0 Å². The molecule has 0 bridgehead atoms. The van der Waals surface area contributed by atoms with Crippen molar-refractivity contribution in [2.24, 2.45) is 0 Å². The Morgan fingerprint density at radius 2 is 2.39 bits per heavy atom. The lowest BCUT2D eigenvalue weighted by atomic mass is 10.1. The molecule has 4 heteroatoms. The highest BCUT2D eigenvalue weighted by Crippen LogP contribution is 2.21. The number of rotatable bonds is 4. The fourth-order valence-electron chi connectivity index (χ4n) is 2.42. The van der Waals surface area contributed by atoms with Gasteiger partial charge in [-0.1, -0.05) is 6.07 Å². The Bertz CT molecular complexity index is 414. The molecular weight excluding hydrogens is 228 g/mol. The van der Waals surface area contributed by atoms with Gasteiger partial charge in [-0.25, -0.2) is 0 Å². The van der Waals surface area contributed by atoms with Crippen LogP contribution in [0.1, 0.15) is 26.2 Å². The van der Waals surface area contributed by atoms with Crippen LogP contribution in [0.15, 0.2) is 24.3 Å². The van der Waals surface area contributed by atoms with E-state index in [9.17, 15) is 9.90 Å².